The third-order valence-electron chi connectivity index (χ3n) is 3.06. The van der Waals surface area contributed by atoms with Crippen LogP contribution < -0.4 is 5.32 Å². The minimum absolute atomic E-state index is 0.0344. The molecule has 0 spiro atoms. The zero-order valence-electron chi connectivity index (χ0n) is 11.2. The van der Waals surface area contributed by atoms with Crippen LogP contribution in [-0.2, 0) is 16.4 Å². The van der Waals surface area contributed by atoms with Crippen LogP contribution in [0.5, 0.6) is 0 Å². The molecule has 1 aromatic carbocycles. The molecular weight excluding hydrogens is 268 g/mol. The van der Waals surface area contributed by atoms with Crippen molar-refractivity contribution < 1.29 is 13.3 Å². The smallest absolute Gasteiger partial charge is 0.273 e. The van der Waals surface area contributed by atoms with Gasteiger partial charge in [-0.2, -0.15) is 0 Å². The minimum Gasteiger partial charge on any atom is -0.311 e. The van der Waals surface area contributed by atoms with Gasteiger partial charge in [-0.15, -0.1) is 0 Å². The number of nitro groups is 1. The van der Waals surface area contributed by atoms with Gasteiger partial charge in [-0.1, -0.05) is 18.2 Å². The van der Waals surface area contributed by atoms with Gasteiger partial charge < -0.3 is 5.32 Å². The number of hydrogen-bond acceptors (Lipinski definition) is 5. The summed E-state index contributed by atoms with van der Waals surface area (Å²) in [6, 6.07) is 6.39. The molecule has 19 heavy (non-hydrogen) atoms. The van der Waals surface area contributed by atoms with Crippen molar-refractivity contribution in [3.05, 3.63) is 39.9 Å². The summed E-state index contributed by atoms with van der Waals surface area (Å²) in [5.74, 6) is 0. The molecule has 0 saturated carbocycles. The predicted octanol–water partition coefficient (Wildman–Crippen LogP) is 1.51. The Morgan fingerprint density at radius 2 is 1.89 bits per heavy atom. The Kier molecular flexibility index (Phi) is 4.65. The highest BCUT2D eigenvalue weighted by Crippen LogP contribution is 2.18. The first-order valence-electron chi connectivity index (χ1n) is 5.78. The second kappa shape index (κ2) is 5.66. The molecule has 0 fully saturated rings. The van der Waals surface area contributed by atoms with Gasteiger partial charge in [0.05, 0.1) is 9.67 Å². The standard InChI is InChI=1S/C12H18N2O4S/c1-12(2,19(3,17)18)9-13-8-10-6-4-5-7-11(10)14(15)16/h4-7,13H,8-9H2,1-3H3. The highest BCUT2D eigenvalue weighted by Gasteiger charge is 2.29. The van der Waals surface area contributed by atoms with Crippen LogP contribution in [0.15, 0.2) is 24.3 Å². The third-order valence-corrected chi connectivity index (χ3v) is 5.21. The molecule has 0 atom stereocenters. The monoisotopic (exact) mass is 286 g/mol. The van der Waals surface area contributed by atoms with Crippen molar-refractivity contribution in [1.29, 1.82) is 0 Å². The number of nitro benzene ring substituents is 1. The van der Waals surface area contributed by atoms with E-state index in [1.54, 1.807) is 32.0 Å². The number of sulfone groups is 1. The first-order valence-corrected chi connectivity index (χ1v) is 7.67. The van der Waals surface area contributed by atoms with Crippen LogP contribution in [0.2, 0.25) is 0 Å². The fourth-order valence-corrected chi connectivity index (χ4v) is 1.83. The Hall–Kier alpha value is -1.47. The van der Waals surface area contributed by atoms with Crippen LogP contribution in [0.1, 0.15) is 19.4 Å². The van der Waals surface area contributed by atoms with Crippen molar-refractivity contribution in [3.8, 4) is 0 Å². The van der Waals surface area contributed by atoms with E-state index in [0.29, 0.717) is 5.56 Å². The molecule has 0 radical (unpaired) electrons. The Bertz CT molecular complexity index is 567. The molecule has 0 saturated heterocycles. The zero-order chi connectivity index (χ0) is 14.7. The van der Waals surface area contributed by atoms with E-state index in [2.05, 4.69) is 5.32 Å². The molecule has 0 aliphatic heterocycles. The zero-order valence-corrected chi connectivity index (χ0v) is 12.0. The van der Waals surface area contributed by atoms with Crippen molar-refractivity contribution in [1.82, 2.24) is 5.32 Å². The van der Waals surface area contributed by atoms with Crippen molar-refractivity contribution >= 4 is 15.5 Å². The Labute approximate surface area is 112 Å². The van der Waals surface area contributed by atoms with Crippen molar-refractivity contribution in [2.45, 2.75) is 25.1 Å². The van der Waals surface area contributed by atoms with Gasteiger partial charge in [0.25, 0.3) is 5.69 Å². The number of para-hydroxylation sites is 1. The Morgan fingerprint density at radius 1 is 1.32 bits per heavy atom. The largest absolute Gasteiger partial charge is 0.311 e. The number of benzene rings is 1. The summed E-state index contributed by atoms with van der Waals surface area (Å²) in [5.41, 5.74) is 0.573. The molecule has 0 aliphatic rings. The molecule has 0 aliphatic carbocycles. The maximum absolute atomic E-state index is 11.5. The molecule has 0 unspecified atom stereocenters. The van der Waals surface area contributed by atoms with E-state index in [-0.39, 0.29) is 18.8 Å². The topological polar surface area (TPSA) is 89.3 Å². The van der Waals surface area contributed by atoms with Crippen LogP contribution in [-0.4, -0.2) is 30.9 Å². The summed E-state index contributed by atoms with van der Waals surface area (Å²) in [7, 11) is -3.18. The van der Waals surface area contributed by atoms with E-state index in [9.17, 15) is 18.5 Å². The lowest BCUT2D eigenvalue weighted by molar-refractivity contribution is -0.385. The fourth-order valence-electron chi connectivity index (χ4n) is 1.47. The fraction of sp³-hybridized carbons (Fsp3) is 0.500. The third kappa shape index (κ3) is 4.00. The average molecular weight is 286 g/mol. The summed E-state index contributed by atoms with van der Waals surface area (Å²) in [6.45, 7) is 3.73. The summed E-state index contributed by atoms with van der Waals surface area (Å²) >= 11 is 0. The number of nitrogens with zero attached hydrogens (tertiary/aromatic N) is 1. The average Bonchev–Trinajstić information content (AvgIpc) is 2.27. The second-order valence-corrected chi connectivity index (χ2v) is 7.67. The van der Waals surface area contributed by atoms with Gasteiger partial charge in [0.1, 0.15) is 0 Å². The van der Waals surface area contributed by atoms with E-state index < -0.39 is 19.5 Å². The highest BCUT2D eigenvalue weighted by atomic mass is 32.2. The van der Waals surface area contributed by atoms with E-state index >= 15 is 0 Å². The Morgan fingerprint density at radius 3 is 2.42 bits per heavy atom. The van der Waals surface area contributed by atoms with Crippen LogP contribution >= 0.6 is 0 Å². The molecular formula is C12H18N2O4S. The van der Waals surface area contributed by atoms with Gasteiger partial charge in [0.2, 0.25) is 0 Å². The predicted molar refractivity (Wildman–Crippen MR) is 73.7 cm³/mol. The van der Waals surface area contributed by atoms with E-state index in [4.69, 9.17) is 0 Å². The first kappa shape index (κ1) is 15.6. The molecule has 0 bridgehead atoms. The normalized spacial score (nSPS) is 12.4. The minimum atomic E-state index is -3.18. The summed E-state index contributed by atoms with van der Waals surface area (Å²) in [5, 5.41) is 13.8. The second-order valence-electron chi connectivity index (χ2n) is 5.02. The van der Waals surface area contributed by atoms with E-state index in [1.165, 1.54) is 12.3 Å². The van der Waals surface area contributed by atoms with Gasteiger partial charge in [-0.05, 0) is 13.8 Å². The molecule has 0 heterocycles. The summed E-state index contributed by atoms with van der Waals surface area (Å²) in [6.07, 6.45) is 1.18. The van der Waals surface area contributed by atoms with Gasteiger partial charge >= 0.3 is 0 Å². The lowest BCUT2D eigenvalue weighted by Crippen LogP contribution is -2.41. The van der Waals surface area contributed by atoms with Crippen LogP contribution in [0.3, 0.4) is 0 Å². The number of rotatable bonds is 6. The van der Waals surface area contributed by atoms with E-state index in [0.717, 1.165) is 0 Å². The van der Waals surface area contributed by atoms with Gasteiger partial charge in [-0.3, -0.25) is 10.1 Å². The molecule has 6 nitrogen and oxygen atoms in total. The Balaban J connectivity index is 2.72. The van der Waals surface area contributed by atoms with Crippen LogP contribution in [0.25, 0.3) is 0 Å². The lowest BCUT2D eigenvalue weighted by Gasteiger charge is -2.22. The molecule has 106 valence electrons. The molecule has 0 aromatic heterocycles. The number of hydrogen-bond donors (Lipinski definition) is 1. The van der Waals surface area contributed by atoms with Gasteiger partial charge in [0, 0.05) is 31.0 Å². The summed E-state index contributed by atoms with van der Waals surface area (Å²) in [4.78, 5) is 10.4. The first-order chi connectivity index (χ1) is 8.65. The number of nitrogens with one attached hydrogen (secondary N) is 1. The van der Waals surface area contributed by atoms with Crippen molar-refractivity contribution in [3.63, 3.8) is 0 Å². The molecule has 7 heteroatoms. The van der Waals surface area contributed by atoms with Gasteiger partial charge in [0.15, 0.2) is 9.84 Å². The van der Waals surface area contributed by atoms with Crippen LogP contribution in [0.4, 0.5) is 5.69 Å². The molecule has 1 rings (SSSR count). The van der Waals surface area contributed by atoms with Gasteiger partial charge in [-0.25, -0.2) is 8.42 Å². The SMILES string of the molecule is CC(C)(CNCc1ccccc1[N+](=O)[O-])S(C)(=O)=O. The van der Waals surface area contributed by atoms with Crippen molar-refractivity contribution in [2.75, 3.05) is 12.8 Å². The maximum atomic E-state index is 11.5. The molecule has 1 aromatic rings. The molecule has 1 N–H and O–H groups in total. The van der Waals surface area contributed by atoms with Crippen LogP contribution in [0, 0.1) is 10.1 Å². The quantitative estimate of drug-likeness (QED) is 0.632. The van der Waals surface area contributed by atoms with E-state index in [1.807, 2.05) is 0 Å². The summed E-state index contributed by atoms with van der Waals surface area (Å²) < 4.78 is 22.1. The molecule has 0 amide bonds. The van der Waals surface area contributed by atoms with Crippen molar-refractivity contribution in [2.24, 2.45) is 0 Å². The maximum Gasteiger partial charge on any atom is 0.273 e. The lowest BCUT2D eigenvalue weighted by atomic mass is 10.1. The highest BCUT2D eigenvalue weighted by molar-refractivity contribution is 7.92.